The summed E-state index contributed by atoms with van der Waals surface area (Å²) in [7, 11) is 1.94. The molecule has 0 bridgehead atoms. The third-order valence-corrected chi connectivity index (χ3v) is 4.01. The van der Waals surface area contributed by atoms with Crippen LogP contribution in [0.1, 0.15) is 17.7 Å². The summed E-state index contributed by atoms with van der Waals surface area (Å²) in [5.74, 6) is 0.617. The Morgan fingerprint density at radius 3 is 3.00 bits per heavy atom. The van der Waals surface area contributed by atoms with Gasteiger partial charge in [-0.05, 0) is 28.5 Å². The molecule has 0 spiro atoms. The monoisotopic (exact) mass is 330 g/mol. The minimum Gasteiger partial charge on any atom is -0.407 e. The molecule has 0 saturated heterocycles. The van der Waals surface area contributed by atoms with Gasteiger partial charge < -0.3 is 14.6 Å². The van der Waals surface area contributed by atoms with Crippen LogP contribution in [0.3, 0.4) is 0 Å². The van der Waals surface area contributed by atoms with Gasteiger partial charge in [0.05, 0.1) is 13.1 Å². The molecule has 0 aliphatic carbocycles. The summed E-state index contributed by atoms with van der Waals surface area (Å²) in [6.45, 7) is 4.30. The largest absolute Gasteiger partial charge is 0.407 e. The zero-order valence-corrected chi connectivity index (χ0v) is 12.7. The second kappa shape index (κ2) is 6.31. The van der Waals surface area contributed by atoms with Crippen LogP contribution in [-0.2, 0) is 13.1 Å². The van der Waals surface area contributed by atoms with Crippen LogP contribution in [0.4, 0.5) is 6.01 Å². The van der Waals surface area contributed by atoms with Crippen LogP contribution in [0.2, 0.25) is 0 Å². The summed E-state index contributed by atoms with van der Waals surface area (Å²) >= 11 is 5.15. The van der Waals surface area contributed by atoms with Gasteiger partial charge >= 0.3 is 6.01 Å². The first-order chi connectivity index (χ1) is 8.69. The quantitative estimate of drug-likeness (QED) is 0.882. The van der Waals surface area contributed by atoms with Crippen LogP contribution in [0.25, 0.3) is 0 Å². The second-order valence-corrected chi connectivity index (χ2v) is 5.76. The van der Waals surface area contributed by atoms with Crippen LogP contribution in [0, 0.1) is 0 Å². The molecule has 18 heavy (non-hydrogen) atoms. The lowest BCUT2D eigenvalue weighted by Gasteiger charge is -2.11. The lowest BCUT2D eigenvalue weighted by atomic mass is 10.4. The fourth-order valence-electron chi connectivity index (χ4n) is 1.44. The molecule has 5 nitrogen and oxygen atoms in total. The molecule has 0 aliphatic heterocycles. The highest BCUT2D eigenvalue weighted by Crippen LogP contribution is 2.22. The van der Waals surface area contributed by atoms with Crippen molar-refractivity contribution >= 4 is 33.3 Å². The van der Waals surface area contributed by atoms with Gasteiger partial charge in [0, 0.05) is 21.8 Å². The molecule has 2 rings (SSSR count). The number of nitrogens with zero attached hydrogens (tertiary/aromatic N) is 3. The van der Waals surface area contributed by atoms with Crippen molar-refractivity contribution in [3.63, 3.8) is 0 Å². The van der Waals surface area contributed by atoms with E-state index in [1.54, 1.807) is 11.3 Å². The standard InChI is InChI=1S/C11H15BrN4OS/c1-3-13-5-10-14-15-11(17-10)16(2)6-9-4-8(12)7-18-9/h4,7,13H,3,5-6H2,1-2H3. The molecule has 0 saturated carbocycles. The Morgan fingerprint density at radius 1 is 1.50 bits per heavy atom. The number of rotatable bonds is 6. The minimum absolute atomic E-state index is 0.549. The molecular formula is C11H15BrN4OS. The zero-order valence-electron chi connectivity index (χ0n) is 10.3. The van der Waals surface area contributed by atoms with E-state index in [0.29, 0.717) is 18.5 Å². The molecule has 7 heteroatoms. The highest BCUT2D eigenvalue weighted by Gasteiger charge is 2.11. The zero-order chi connectivity index (χ0) is 13.0. The van der Waals surface area contributed by atoms with Crippen molar-refractivity contribution in [3.8, 4) is 0 Å². The SMILES string of the molecule is CCNCc1nnc(N(C)Cc2cc(Br)cs2)o1. The highest BCUT2D eigenvalue weighted by molar-refractivity contribution is 9.10. The average molecular weight is 331 g/mol. The fraction of sp³-hybridized carbons (Fsp3) is 0.455. The fourth-order valence-corrected chi connectivity index (χ4v) is 2.94. The molecule has 0 amide bonds. The van der Waals surface area contributed by atoms with E-state index in [1.807, 2.05) is 18.9 Å². The Hall–Kier alpha value is -0.920. The molecule has 0 unspecified atom stereocenters. The number of anilines is 1. The van der Waals surface area contributed by atoms with Gasteiger partial charge in [-0.25, -0.2) is 0 Å². The lowest BCUT2D eigenvalue weighted by molar-refractivity contribution is 0.469. The maximum Gasteiger partial charge on any atom is 0.318 e. The summed E-state index contributed by atoms with van der Waals surface area (Å²) in [6.07, 6.45) is 0. The first-order valence-electron chi connectivity index (χ1n) is 5.66. The van der Waals surface area contributed by atoms with Gasteiger partial charge in [-0.1, -0.05) is 12.0 Å². The molecule has 0 radical (unpaired) electrons. The van der Waals surface area contributed by atoms with Gasteiger partial charge in [0.1, 0.15) is 0 Å². The predicted molar refractivity (Wildman–Crippen MR) is 75.8 cm³/mol. The normalized spacial score (nSPS) is 10.8. The van der Waals surface area contributed by atoms with E-state index in [0.717, 1.165) is 17.6 Å². The number of aromatic nitrogens is 2. The third kappa shape index (κ3) is 3.54. The lowest BCUT2D eigenvalue weighted by Crippen LogP contribution is -2.15. The minimum atomic E-state index is 0.549. The van der Waals surface area contributed by atoms with Crippen molar-refractivity contribution in [2.24, 2.45) is 0 Å². The molecule has 98 valence electrons. The summed E-state index contributed by atoms with van der Waals surface area (Å²) in [4.78, 5) is 3.19. The second-order valence-electron chi connectivity index (χ2n) is 3.85. The van der Waals surface area contributed by atoms with Crippen LogP contribution in [0.15, 0.2) is 20.3 Å². The third-order valence-electron chi connectivity index (χ3n) is 2.32. The van der Waals surface area contributed by atoms with Crippen molar-refractivity contribution in [3.05, 3.63) is 26.7 Å². The molecular weight excluding hydrogens is 316 g/mol. The number of hydrogen-bond donors (Lipinski definition) is 1. The molecule has 0 aliphatic rings. The summed E-state index contributed by atoms with van der Waals surface area (Å²) < 4.78 is 6.67. The average Bonchev–Trinajstić information content (AvgIpc) is 2.96. The Morgan fingerprint density at radius 2 is 2.33 bits per heavy atom. The van der Waals surface area contributed by atoms with E-state index in [4.69, 9.17) is 4.42 Å². The van der Waals surface area contributed by atoms with E-state index >= 15 is 0 Å². The van der Waals surface area contributed by atoms with E-state index in [9.17, 15) is 0 Å². The van der Waals surface area contributed by atoms with Crippen LogP contribution in [-0.4, -0.2) is 23.8 Å². The van der Waals surface area contributed by atoms with Crippen molar-refractivity contribution in [2.75, 3.05) is 18.5 Å². The highest BCUT2D eigenvalue weighted by atomic mass is 79.9. The smallest absolute Gasteiger partial charge is 0.318 e. The molecule has 1 N–H and O–H groups in total. The van der Waals surface area contributed by atoms with Crippen LogP contribution < -0.4 is 10.2 Å². The number of hydrogen-bond acceptors (Lipinski definition) is 6. The van der Waals surface area contributed by atoms with Crippen LogP contribution in [0.5, 0.6) is 0 Å². The van der Waals surface area contributed by atoms with Gasteiger partial charge in [-0.15, -0.1) is 16.4 Å². The maximum absolute atomic E-state index is 5.56. The number of halogens is 1. The van der Waals surface area contributed by atoms with Gasteiger partial charge in [0.15, 0.2) is 0 Å². The maximum atomic E-state index is 5.56. The summed E-state index contributed by atoms with van der Waals surface area (Å²) in [5, 5.41) is 13.2. The van der Waals surface area contributed by atoms with Crippen molar-refractivity contribution in [1.29, 1.82) is 0 Å². The van der Waals surface area contributed by atoms with E-state index in [2.05, 4.69) is 42.9 Å². The van der Waals surface area contributed by atoms with E-state index < -0.39 is 0 Å². The van der Waals surface area contributed by atoms with Gasteiger partial charge in [0.2, 0.25) is 5.89 Å². The topological polar surface area (TPSA) is 54.2 Å². The summed E-state index contributed by atoms with van der Waals surface area (Å²) in [6, 6.07) is 2.64. The molecule has 2 heterocycles. The van der Waals surface area contributed by atoms with Gasteiger partial charge in [0.25, 0.3) is 0 Å². The molecule has 0 aromatic carbocycles. The Kier molecular flexibility index (Phi) is 4.73. The molecule has 0 fully saturated rings. The van der Waals surface area contributed by atoms with Crippen LogP contribution >= 0.6 is 27.3 Å². The first-order valence-corrected chi connectivity index (χ1v) is 7.33. The van der Waals surface area contributed by atoms with Crippen molar-refractivity contribution in [1.82, 2.24) is 15.5 Å². The predicted octanol–water partition coefficient (Wildman–Crippen LogP) is 2.64. The van der Waals surface area contributed by atoms with Gasteiger partial charge in [-0.2, -0.15) is 0 Å². The molecule has 0 atom stereocenters. The van der Waals surface area contributed by atoms with E-state index in [1.165, 1.54) is 4.88 Å². The first kappa shape index (κ1) is 13.5. The molecule has 2 aromatic heterocycles. The van der Waals surface area contributed by atoms with Gasteiger partial charge in [-0.3, -0.25) is 0 Å². The Bertz CT molecular complexity index is 499. The van der Waals surface area contributed by atoms with Crippen molar-refractivity contribution in [2.45, 2.75) is 20.0 Å². The Labute approximate surface area is 118 Å². The Balaban J connectivity index is 1.96. The van der Waals surface area contributed by atoms with E-state index in [-0.39, 0.29) is 0 Å². The molecule has 2 aromatic rings. The number of thiophene rings is 1. The summed E-state index contributed by atoms with van der Waals surface area (Å²) in [5.41, 5.74) is 0. The number of nitrogens with one attached hydrogen (secondary N) is 1. The van der Waals surface area contributed by atoms with Crippen molar-refractivity contribution < 1.29 is 4.42 Å².